The number of hydrogen-bond donors (Lipinski definition) is 2. The van der Waals surface area contributed by atoms with Crippen molar-refractivity contribution in [2.45, 2.75) is 13.5 Å². The summed E-state index contributed by atoms with van der Waals surface area (Å²) >= 11 is 3.30. The molecule has 0 unspecified atom stereocenters. The molecule has 0 saturated carbocycles. The first-order valence-electron chi connectivity index (χ1n) is 10.7. The molecule has 0 radical (unpaired) electrons. The fourth-order valence-electron chi connectivity index (χ4n) is 3.40. The van der Waals surface area contributed by atoms with Gasteiger partial charge >= 0.3 is 12.0 Å². The van der Waals surface area contributed by atoms with Gasteiger partial charge in [0.2, 0.25) is 5.76 Å². The lowest BCUT2D eigenvalue weighted by atomic mass is 10.1. The van der Waals surface area contributed by atoms with Crippen molar-refractivity contribution in [2.75, 3.05) is 11.5 Å². The van der Waals surface area contributed by atoms with Crippen molar-refractivity contribution in [3.8, 4) is 11.5 Å². The van der Waals surface area contributed by atoms with E-state index in [-0.39, 0.29) is 17.9 Å². The summed E-state index contributed by atoms with van der Waals surface area (Å²) in [5.41, 5.74) is 0.523. The van der Waals surface area contributed by atoms with Gasteiger partial charge in [-0.05, 0) is 61.0 Å². The number of anilines is 1. The molecule has 36 heavy (non-hydrogen) atoms. The number of benzene rings is 2. The van der Waals surface area contributed by atoms with Crippen LogP contribution in [0.3, 0.4) is 0 Å². The number of nitrogens with zero attached hydrogens (tertiary/aromatic N) is 1. The van der Waals surface area contributed by atoms with E-state index in [1.54, 1.807) is 49.4 Å². The molecule has 1 aromatic heterocycles. The zero-order chi connectivity index (χ0) is 25.8. The second-order valence-electron chi connectivity index (χ2n) is 7.44. The van der Waals surface area contributed by atoms with E-state index >= 15 is 0 Å². The molecule has 0 aliphatic carbocycles. The van der Waals surface area contributed by atoms with Crippen LogP contribution in [0.25, 0.3) is 6.08 Å². The van der Waals surface area contributed by atoms with Crippen molar-refractivity contribution < 1.29 is 38.2 Å². The number of hydrogen-bond acceptors (Lipinski definition) is 7. The van der Waals surface area contributed by atoms with Crippen LogP contribution >= 0.6 is 15.9 Å². The van der Waals surface area contributed by atoms with E-state index in [0.717, 1.165) is 4.90 Å². The smallest absolute Gasteiger partial charge is 0.371 e. The summed E-state index contributed by atoms with van der Waals surface area (Å²) in [5.74, 6) is -1.99. The molecule has 11 heteroatoms. The van der Waals surface area contributed by atoms with Gasteiger partial charge in [-0.3, -0.25) is 14.9 Å². The van der Waals surface area contributed by atoms with Crippen LogP contribution in [-0.4, -0.2) is 35.5 Å². The number of carboxylic acids is 1. The van der Waals surface area contributed by atoms with Crippen molar-refractivity contribution in [1.29, 1.82) is 0 Å². The Hall–Kier alpha value is -4.38. The van der Waals surface area contributed by atoms with Gasteiger partial charge in [0.25, 0.3) is 11.8 Å². The Balaban J connectivity index is 1.59. The third-order valence-corrected chi connectivity index (χ3v) is 5.48. The molecule has 1 aliphatic rings. The van der Waals surface area contributed by atoms with Gasteiger partial charge in [0, 0.05) is 4.47 Å². The van der Waals surface area contributed by atoms with Gasteiger partial charge in [-0.1, -0.05) is 28.1 Å². The number of imide groups is 2. The van der Waals surface area contributed by atoms with E-state index in [0.29, 0.717) is 39.6 Å². The van der Waals surface area contributed by atoms with Gasteiger partial charge in [0.1, 0.15) is 17.9 Å². The fourth-order valence-corrected chi connectivity index (χ4v) is 3.78. The molecule has 10 nitrogen and oxygen atoms in total. The highest BCUT2D eigenvalue weighted by Crippen LogP contribution is 2.31. The minimum atomic E-state index is -1.19. The molecule has 1 aliphatic heterocycles. The molecule has 1 fully saturated rings. The van der Waals surface area contributed by atoms with Gasteiger partial charge in [-0.15, -0.1) is 0 Å². The minimum Gasteiger partial charge on any atom is -0.490 e. The van der Waals surface area contributed by atoms with Gasteiger partial charge in [-0.25, -0.2) is 14.5 Å². The predicted molar refractivity (Wildman–Crippen MR) is 131 cm³/mol. The zero-order valence-electron chi connectivity index (χ0n) is 18.8. The lowest BCUT2D eigenvalue weighted by Crippen LogP contribution is -2.54. The third kappa shape index (κ3) is 5.31. The highest BCUT2D eigenvalue weighted by molar-refractivity contribution is 9.10. The number of carbonyl (C=O) groups excluding carboxylic acids is 3. The number of nitrogens with one attached hydrogen (secondary N) is 1. The molecule has 2 N–H and O–H groups in total. The molecular weight excluding hydrogens is 536 g/mol. The maximum Gasteiger partial charge on any atom is 0.371 e. The first-order valence-corrected chi connectivity index (χ1v) is 11.4. The quantitative estimate of drug-likeness (QED) is 0.309. The summed E-state index contributed by atoms with van der Waals surface area (Å²) in [7, 11) is 0. The minimum absolute atomic E-state index is 0.0433. The molecule has 3 aromatic rings. The Labute approximate surface area is 213 Å². The van der Waals surface area contributed by atoms with E-state index in [4.69, 9.17) is 19.0 Å². The number of urea groups is 1. The number of furan rings is 1. The van der Waals surface area contributed by atoms with Crippen LogP contribution in [0.2, 0.25) is 0 Å². The number of barbiturate groups is 1. The molecule has 0 spiro atoms. The number of halogens is 1. The van der Waals surface area contributed by atoms with Crippen molar-refractivity contribution in [1.82, 2.24) is 5.32 Å². The van der Waals surface area contributed by atoms with E-state index in [1.807, 2.05) is 0 Å². The Morgan fingerprint density at radius 3 is 2.58 bits per heavy atom. The summed E-state index contributed by atoms with van der Waals surface area (Å²) in [4.78, 5) is 49.8. The molecule has 184 valence electrons. The van der Waals surface area contributed by atoms with E-state index in [1.165, 1.54) is 18.2 Å². The third-order valence-electron chi connectivity index (χ3n) is 4.99. The van der Waals surface area contributed by atoms with Crippen molar-refractivity contribution in [3.63, 3.8) is 0 Å². The normalized spacial score (nSPS) is 14.7. The number of aromatic carboxylic acids is 1. The summed E-state index contributed by atoms with van der Waals surface area (Å²) in [5, 5.41) is 11.2. The van der Waals surface area contributed by atoms with Crippen LogP contribution in [0.15, 0.2) is 69.1 Å². The van der Waals surface area contributed by atoms with Gasteiger partial charge in [0.15, 0.2) is 11.5 Å². The van der Waals surface area contributed by atoms with Crippen LogP contribution in [0, 0.1) is 0 Å². The Bertz CT molecular complexity index is 1390. The van der Waals surface area contributed by atoms with Crippen LogP contribution in [0.4, 0.5) is 10.5 Å². The average Bonchev–Trinajstić information content (AvgIpc) is 3.31. The Morgan fingerprint density at radius 1 is 1.08 bits per heavy atom. The SMILES string of the molecule is CCOc1cc(C=C2C(=O)NC(=O)N(c3cccc(Br)c3)C2=O)ccc1OCc1ccc(C(=O)O)o1. The van der Waals surface area contributed by atoms with Crippen LogP contribution in [-0.2, 0) is 16.2 Å². The molecule has 4 rings (SSSR count). The highest BCUT2D eigenvalue weighted by Gasteiger charge is 2.36. The molecule has 4 amide bonds. The zero-order valence-corrected chi connectivity index (χ0v) is 20.4. The maximum absolute atomic E-state index is 13.1. The van der Waals surface area contributed by atoms with E-state index < -0.39 is 23.8 Å². The average molecular weight is 555 g/mol. The lowest BCUT2D eigenvalue weighted by molar-refractivity contribution is -0.122. The number of rotatable bonds is 8. The molecule has 2 aromatic carbocycles. The fraction of sp³-hybridized carbons (Fsp3) is 0.120. The summed E-state index contributed by atoms with van der Waals surface area (Å²) in [6.07, 6.45) is 1.35. The largest absolute Gasteiger partial charge is 0.490 e. The molecule has 0 bridgehead atoms. The van der Waals surface area contributed by atoms with Gasteiger partial charge in [-0.2, -0.15) is 0 Å². The van der Waals surface area contributed by atoms with Crippen LogP contribution < -0.4 is 19.7 Å². The van der Waals surface area contributed by atoms with Gasteiger partial charge < -0.3 is 19.0 Å². The Morgan fingerprint density at radius 2 is 1.89 bits per heavy atom. The van der Waals surface area contributed by atoms with Gasteiger partial charge in [0.05, 0.1) is 12.3 Å². The molecule has 2 heterocycles. The summed E-state index contributed by atoms with van der Waals surface area (Å²) in [6.45, 7) is 2.05. The van der Waals surface area contributed by atoms with Crippen molar-refractivity contribution >= 4 is 51.5 Å². The molecule has 1 saturated heterocycles. The highest BCUT2D eigenvalue weighted by atomic mass is 79.9. The standard InChI is InChI=1S/C25H19BrN2O8/c1-2-34-21-11-14(6-8-19(21)35-13-17-7-9-20(36-17)24(31)32)10-18-22(29)27-25(33)28(23(18)30)16-5-3-4-15(26)12-16/h3-12H,2,13H2,1H3,(H,31,32)(H,27,29,33). The maximum atomic E-state index is 13.1. The van der Waals surface area contributed by atoms with E-state index in [2.05, 4.69) is 21.2 Å². The number of carbonyl (C=O) groups is 4. The topological polar surface area (TPSA) is 135 Å². The molecular formula is C25H19BrN2O8. The second kappa shape index (κ2) is 10.5. The second-order valence-corrected chi connectivity index (χ2v) is 8.35. The number of ether oxygens (including phenoxy) is 2. The van der Waals surface area contributed by atoms with E-state index in [9.17, 15) is 19.2 Å². The first kappa shape index (κ1) is 24.7. The molecule has 0 atom stereocenters. The first-order chi connectivity index (χ1) is 17.3. The van der Waals surface area contributed by atoms with Crippen LogP contribution in [0.5, 0.6) is 11.5 Å². The number of carboxylic acid groups (broad SMARTS) is 1. The van der Waals surface area contributed by atoms with Crippen molar-refractivity contribution in [3.05, 3.63) is 81.7 Å². The number of amides is 4. The summed E-state index contributed by atoms with van der Waals surface area (Å²) < 4.78 is 17.2. The lowest BCUT2D eigenvalue weighted by Gasteiger charge is -2.26. The summed E-state index contributed by atoms with van der Waals surface area (Å²) in [6, 6.07) is 13.3. The predicted octanol–water partition coefficient (Wildman–Crippen LogP) is 4.38. The van der Waals surface area contributed by atoms with Crippen molar-refractivity contribution in [2.24, 2.45) is 0 Å². The Kier molecular flexibility index (Phi) is 7.20. The van der Waals surface area contributed by atoms with Crippen LogP contribution in [0.1, 0.15) is 28.8 Å². The monoisotopic (exact) mass is 554 g/mol.